The Balaban J connectivity index is 2.24. The summed E-state index contributed by atoms with van der Waals surface area (Å²) in [6, 6.07) is 6.59. The molecule has 0 amide bonds. The highest BCUT2D eigenvalue weighted by Crippen LogP contribution is 2.33. The zero-order valence-electron chi connectivity index (χ0n) is 11.2. The van der Waals surface area contributed by atoms with Crippen molar-refractivity contribution in [2.24, 2.45) is 5.92 Å². The molecule has 1 heterocycles. The number of ether oxygens (including phenoxy) is 1. The van der Waals surface area contributed by atoms with Crippen LogP contribution in [0.2, 0.25) is 5.02 Å². The molecular formula is C15H22ClNO. The fourth-order valence-electron chi connectivity index (χ4n) is 2.75. The summed E-state index contributed by atoms with van der Waals surface area (Å²) in [5, 5.41) is 4.45. The van der Waals surface area contributed by atoms with Gasteiger partial charge in [0.1, 0.15) is 0 Å². The second kappa shape index (κ2) is 6.55. The van der Waals surface area contributed by atoms with Gasteiger partial charge in [0.2, 0.25) is 0 Å². The molecule has 1 aromatic rings. The molecular weight excluding hydrogens is 246 g/mol. The summed E-state index contributed by atoms with van der Waals surface area (Å²) in [4.78, 5) is 0. The molecule has 1 aliphatic rings. The molecule has 1 atom stereocenters. The number of aryl methyl sites for hydroxylation is 1. The summed E-state index contributed by atoms with van der Waals surface area (Å²) in [7, 11) is 0. The monoisotopic (exact) mass is 267 g/mol. The minimum atomic E-state index is 0.401. The van der Waals surface area contributed by atoms with Gasteiger partial charge in [-0.05, 0) is 55.5 Å². The Morgan fingerprint density at radius 3 is 2.78 bits per heavy atom. The molecule has 1 N–H and O–H groups in total. The highest BCUT2D eigenvalue weighted by Gasteiger charge is 2.25. The second-order valence-electron chi connectivity index (χ2n) is 4.99. The van der Waals surface area contributed by atoms with Gasteiger partial charge in [-0.2, -0.15) is 0 Å². The molecule has 1 fully saturated rings. The molecule has 18 heavy (non-hydrogen) atoms. The van der Waals surface area contributed by atoms with Crippen molar-refractivity contribution in [3.8, 4) is 0 Å². The van der Waals surface area contributed by atoms with Crippen molar-refractivity contribution in [2.45, 2.75) is 32.7 Å². The first-order valence-electron chi connectivity index (χ1n) is 6.79. The third-order valence-corrected chi connectivity index (χ3v) is 3.97. The van der Waals surface area contributed by atoms with Crippen LogP contribution in [0, 0.1) is 12.8 Å². The Morgan fingerprint density at radius 1 is 1.39 bits per heavy atom. The maximum Gasteiger partial charge on any atom is 0.0469 e. The Kier molecular flexibility index (Phi) is 5.04. The van der Waals surface area contributed by atoms with E-state index in [1.54, 1.807) is 0 Å². The molecule has 0 saturated carbocycles. The summed E-state index contributed by atoms with van der Waals surface area (Å²) in [5.41, 5.74) is 2.66. The van der Waals surface area contributed by atoms with E-state index in [9.17, 15) is 0 Å². The molecule has 0 radical (unpaired) electrons. The highest BCUT2D eigenvalue weighted by molar-refractivity contribution is 6.30. The molecule has 100 valence electrons. The molecule has 0 aliphatic carbocycles. The molecule has 1 saturated heterocycles. The Morgan fingerprint density at radius 2 is 2.11 bits per heavy atom. The van der Waals surface area contributed by atoms with Crippen LogP contribution in [0.15, 0.2) is 18.2 Å². The van der Waals surface area contributed by atoms with Crippen LogP contribution in [0.25, 0.3) is 0 Å². The Labute approximate surface area is 115 Å². The van der Waals surface area contributed by atoms with Crippen LogP contribution in [0.3, 0.4) is 0 Å². The van der Waals surface area contributed by atoms with E-state index in [1.165, 1.54) is 11.1 Å². The number of hydrogen-bond acceptors (Lipinski definition) is 2. The van der Waals surface area contributed by atoms with Crippen LogP contribution in [0.1, 0.15) is 36.9 Å². The third-order valence-electron chi connectivity index (χ3n) is 3.74. The molecule has 1 aromatic carbocycles. The normalized spacial score (nSPS) is 18.8. The van der Waals surface area contributed by atoms with E-state index in [2.05, 4.69) is 31.3 Å². The standard InChI is InChI=1S/C15H22ClNO/c1-3-17-15(12-6-8-18-9-7-12)14-10-13(16)5-4-11(14)2/h4-5,10,12,15,17H,3,6-9H2,1-2H3. The number of nitrogens with one attached hydrogen (secondary N) is 1. The number of hydrogen-bond donors (Lipinski definition) is 1. The highest BCUT2D eigenvalue weighted by atomic mass is 35.5. The quantitative estimate of drug-likeness (QED) is 0.898. The van der Waals surface area contributed by atoms with Crippen molar-refractivity contribution in [1.82, 2.24) is 5.32 Å². The van der Waals surface area contributed by atoms with Gasteiger partial charge in [0.05, 0.1) is 0 Å². The minimum absolute atomic E-state index is 0.401. The topological polar surface area (TPSA) is 21.3 Å². The van der Waals surface area contributed by atoms with Gasteiger partial charge in [-0.25, -0.2) is 0 Å². The average Bonchev–Trinajstić information content (AvgIpc) is 2.40. The average molecular weight is 268 g/mol. The van der Waals surface area contributed by atoms with Crippen LogP contribution < -0.4 is 5.32 Å². The predicted octanol–water partition coefficient (Wildman–Crippen LogP) is 3.73. The van der Waals surface area contributed by atoms with Gasteiger partial charge < -0.3 is 10.1 Å². The van der Waals surface area contributed by atoms with E-state index in [4.69, 9.17) is 16.3 Å². The van der Waals surface area contributed by atoms with Crippen molar-refractivity contribution in [3.05, 3.63) is 34.3 Å². The zero-order chi connectivity index (χ0) is 13.0. The lowest BCUT2D eigenvalue weighted by molar-refractivity contribution is 0.0537. The molecule has 0 bridgehead atoms. The van der Waals surface area contributed by atoms with Gasteiger partial charge in [-0.15, -0.1) is 0 Å². The Bertz CT molecular complexity index is 388. The summed E-state index contributed by atoms with van der Waals surface area (Å²) in [6.07, 6.45) is 2.26. The molecule has 0 spiro atoms. The van der Waals surface area contributed by atoms with Gasteiger partial charge in [-0.3, -0.25) is 0 Å². The molecule has 0 aromatic heterocycles. The first-order valence-corrected chi connectivity index (χ1v) is 7.17. The first-order chi connectivity index (χ1) is 8.72. The van der Waals surface area contributed by atoms with Crippen molar-refractivity contribution in [2.75, 3.05) is 19.8 Å². The summed E-state index contributed by atoms with van der Waals surface area (Å²) >= 11 is 6.15. The lowest BCUT2D eigenvalue weighted by Crippen LogP contribution is -2.32. The van der Waals surface area contributed by atoms with Crippen LogP contribution in [0.5, 0.6) is 0 Å². The fraction of sp³-hybridized carbons (Fsp3) is 0.600. The van der Waals surface area contributed by atoms with Crippen molar-refractivity contribution < 1.29 is 4.74 Å². The van der Waals surface area contributed by atoms with E-state index in [0.717, 1.165) is 37.6 Å². The van der Waals surface area contributed by atoms with E-state index >= 15 is 0 Å². The smallest absolute Gasteiger partial charge is 0.0469 e. The number of halogens is 1. The van der Waals surface area contributed by atoms with Gasteiger partial charge in [0, 0.05) is 24.3 Å². The van der Waals surface area contributed by atoms with E-state index < -0.39 is 0 Å². The van der Waals surface area contributed by atoms with Crippen molar-refractivity contribution in [1.29, 1.82) is 0 Å². The Hall–Kier alpha value is -0.570. The van der Waals surface area contributed by atoms with Crippen molar-refractivity contribution >= 4 is 11.6 Å². The maximum atomic E-state index is 6.15. The number of benzene rings is 1. The summed E-state index contributed by atoms with van der Waals surface area (Å²) < 4.78 is 5.46. The molecule has 2 nitrogen and oxygen atoms in total. The molecule has 1 unspecified atom stereocenters. The van der Waals surface area contributed by atoms with Gasteiger partial charge in [0.15, 0.2) is 0 Å². The molecule has 1 aliphatic heterocycles. The fourth-order valence-corrected chi connectivity index (χ4v) is 2.93. The van der Waals surface area contributed by atoms with Crippen LogP contribution >= 0.6 is 11.6 Å². The molecule has 2 rings (SSSR count). The van der Waals surface area contributed by atoms with Gasteiger partial charge in [0.25, 0.3) is 0 Å². The van der Waals surface area contributed by atoms with Crippen molar-refractivity contribution in [3.63, 3.8) is 0 Å². The third kappa shape index (κ3) is 3.25. The van der Waals surface area contributed by atoms with E-state index in [-0.39, 0.29) is 0 Å². The van der Waals surface area contributed by atoms with Gasteiger partial charge in [-0.1, -0.05) is 24.6 Å². The van der Waals surface area contributed by atoms with Crippen LogP contribution in [0.4, 0.5) is 0 Å². The minimum Gasteiger partial charge on any atom is -0.381 e. The largest absolute Gasteiger partial charge is 0.381 e. The second-order valence-corrected chi connectivity index (χ2v) is 5.42. The molecule has 3 heteroatoms. The predicted molar refractivity (Wildman–Crippen MR) is 76.1 cm³/mol. The van der Waals surface area contributed by atoms with E-state index in [0.29, 0.717) is 12.0 Å². The summed E-state index contributed by atoms with van der Waals surface area (Å²) in [5.74, 6) is 0.649. The van der Waals surface area contributed by atoms with Crippen LogP contribution in [-0.2, 0) is 4.74 Å². The van der Waals surface area contributed by atoms with Crippen LogP contribution in [-0.4, -0.2) is 19.8 Å². The van der Waals surface area contributed by atoms with Gasteiger partial charge >= 0.3 is 0 Å². The maximum absolute atomic E-state index is 6.15. The van der Waals surface area contributed by atoms with E-state index in [1.807, 2.05) is 6.07 Å². The number of rotatable bonds is 4. The summed E-state index contributed by atoms with van der Waals surface area (Å²) in [6.45, 7) is 7.06. The SMILES string of the molecule is CCNC(c1cc(Cl)ccc1C)C1CCOCC1. The first kappa shape index (κ1) is 13.9. The lowest BCUT2D eigenvalue weighted by Gasteiger charge is -2.32. The zero-order valence-corrected chi connectivity index (χ0v) is 12.0. The lowest BCUT2D eigenvalue weighted by atomic mass is 9.85.